The van der Waals surface area contributed by atoms with E-state index >= 15 is 0 Å². The molecule has 1 aliphatic heterocycles. The van der Waals surface area contributed by atoms with Gasteiger partial charge in [-0.1, -0.05) is 49.7 Å². The number of aryl methyl sites for hydroxylation is 1. The number of carbonyl (C=O) groups is 1. The van der Waals surface area contributed by atoms with Crippen molar-refractivity contribution in [1.82, 2.24) is 4.98 Å². The molecule has 0 N–H and O–H groups in total. The number of aromatic nitrogens is 1. The normalized spacial score (nSPS) is 18.7. The van der Waals surface area contributed by atoms with Crippen LogP contribution in [0, 0.1) is 12.8 Å². The zero-order chi connectivity index (χ0) is 27.9. The SMILES string of the molecule is Cc1ccc(N2C(=O)[C@H](CC(C)(C)c3ccc(C(F)(F)F)nc3)C[C@@H]2c2cccc(OC(F)(F)F)c2)cc1. The molecule has 2 heterocycles. The zero-order valence-corrected chi connectivity index (χ0v) is 20.9. The van der Waals surface area contributed by atoms with Crippen LogP contribution in [0.2, 0.25) is 0 Å². The van der Waals surface area contributed by atoms with Crippen LogP contribution in [-0.4, -0.2) is 17.3 Å². The number of amides is 1. The van der Waals surface area contributed by atoms with Crippen LogP contribution >= 0.6 is 0 Å². The van der Waals surface area contributed by atoms with Crippen molar-refractivity contribution in [2.45, 2.75) is 57.6 Å². The van der Waals surface area contributed by atoms with E-state index in [9.17, 15) is 31.1 Å². The molecule has 10 heteroatoms. The summed E-state index contributed by atoms with van der Waals surface area (Å²) >= 11 is 0. The molecule has 2 aromatic carbocycles. The standard InChI is InChI=1S/C28H26F6N2O2/c1-17-7-10-21(11-8-17)36-23(18-5-4-6-22(13-18)38-28(32,33)34)14-19(25(36)37)15-26(2,3)20-9-12-24(35-16-20)27(29,30)31/h4-13,16,19,23H,14-15H2,1-3H3/t19-,23+/m0/s1. The van der Waals surface area contributed by atoms with Gasteiger partial charge in [0.05, 0.1) is 6.04 Å². The van der Waals surface area contributed by atoms with Gasteiger partial charge in [0, 0.05) is 17.8 Å². The smallest absolute Gasteiger partial charge is 0.406 e. The molecule has 0 spiro atoms. The molecule has 0 unspecified atom stereocenters. The second kappa shape index (κ2) is 9.96. The van der Waals surface area contributed by atoms with Crippen LogP contribution in [0.15, 0.2) is 66.9 Å². The first-order valence-electron chi connectivity index (χ1n) is 11.9. The van der Waals surface area contributed by atoms with Crippen LogP contribution in [0.5, 0.6) is 5.75 Å². The molecule has 4 rings (SSSR count). The molecular formula is C28H26F6N2O2. The fraction of sp³-hybridized carbons (Fsp3) is 0.357. The predicted molar refractivity (Wildman–Crippen MR) is 130 cm³/mol. The third kappa shape index (κ3) is 6.11. The lowest BCUT2D eigenvalue weighted by atomic mass is 9.76. The number of nitrogens with zero attached hydrogens (tertiary/aromatic N) is 2. The number of benzene rings is 2. The fourth-order valence-electron chi connectivity index (χ4n) is 4.91. The number of carbonyl (C=O) groups excluding carboxylic acids is 1. The average molecular weight is 537 g/mol. The van der Waals surface area contributed by atoms with Gasteiger partial charge in [-0.3, -0.25) is 9.78 Å². The van der Waals surface area contributed by atoms with Crippen LogP contribution < -0.4 is 9.64 Å². The van der Waals surface area contributed by atoms with Gasteiger partial charge in [-0.05, 0) is 66.6 Å². The van der Waals surface area contributed by atoms with Gasteiger partial charge in [-0.2, -0.15) is 13.2 Å². The summed E-state index contributed by atoms with van der Waals surface area (Å²) < 4.78 is 81.5. The van der Waals surface area contributed by atoms with E-state index in [1.807, 2.05) is 32.9 Å². The lowest BCUT2D eigenvalue weighted by molar-refractivity contribution is -0.274. The third-order valence-electron chi connectivity index (χ3n) is 6.79. The van der Waals surface area contributed by atoms with Gasteiger partial charge in [0.25, 0.3) is 0 Å². The average Bonchev–Trinajstić information content (AvgIpc) is 3.13. The molecule has 0 saturated carbocycles. The summed E-state index contributed by atoms with van der Waals surface area (Å²) in [6.07, 6.45) is -7.63. The molecule has 202 valence electrons. The number of hydrogen-bond acceptors (Lipinski definition) is 3. The molecule has 1 aromatic heterocycles. The molecule has 0 bridgehead atoms. The van der Waals surface area contributed by atoms with Crippen molar-refractivity contribution in [3.05, 3.63) is 89.2 Å². The van der Waals surface area contributed by atoms with E-state index in [-0.39, 0.29) is 11.7 Å². The minimum Gasteiger partial charge on any atom is -0.406 e. The van der Waals surface area contributed by atoms with E-state index in [1.165, 1.54) is 30.5 Å². The molecule has 1 saturated heterocycles. The summed E-state index contributed by atoms with van der Waals surface area (Å²) in [5.74, 6) is -1.13. The number of rotatable bonds is 6. The topological polar surface area (TPSA) is 42.4 Å². The summed E-state index contributed by atoms with van der Waals surface area (Å²) in [4.78, 5) is 18.9. The maximum atomic E-state index is 13.7. The predicted octanol–water partition coefficient (Wildman–Crippen LogP) is 7.77. The highest BCUT2D eigenvalue weighted by Gasteiger charge is 2.44. The number of halogens is 6. The molecule has 1 aliphatic rings. The van der Waals surface area contributed by atoms with Crippen molar-refractivity contribution in [2.75, 3.05) is 4.90 Å². The van der Waals surface area contributed by atoms with E-state index in [2.05, 4.69) is 9.72 Å². The minimum absolute atomic E-state index is 0.214. The minimum atomic E-state index is -4.86. The number of pyridine rings is 1. The van der Waals surface area contributed by atoms with E-state index in [1.54, 1.807) is 23.1 Å². The highest BCUT2D eigenvalue weighted by molar-refractivity contribution is 5.98. The number of alkyl halides is 6. The Kier molecular flexibility index (Phi) is 7.20. The van der Waals surface area contributed by atoms with Gasteiger partial charge in [-0.15, -0.1) is 13.2 Å². The van der Waals surface area contributed by atoms with E-state index in [4.69, 9.17) is 0 Å². The van der Waals surface area contributed by atoms with E-state index in [0.717, 1.165) is 11.6 Å². The van der Waals surface area contributed by atoms with Crippen molar-refractivity contribution < 1.29 is 35.9 Å². The molecule has 3 aromatic rings. The molecule has 0 radical (unpaired) electrons. The van der Waals surface area contributed by atoms with Crippen LogP contribution in [0.3, 0.4) is 0 Å². The molecule has 2 atom stereocenters. The summed E-state index contributed by atoms with van der Waals surface area (Å²) in [6.45, 7) is 5.55. The van der Waals surface area contributed by atoms with Gasteiger partial charge in [0.1, 0.15) is 11.4 Å². The van der Waals surface area contributed by atoms with Gasteiger partial charge >= 0.3 is 12.5 Å². The summed E-state index contributed by atoms with van der Waals surface area (Å²) in [6, 6.07) is 14.5. The number of hydrogen-bond donors (Lipinski definition) is 0. The molecule has 4 nitrogen and oxygen atoms in total. The first kappa shape index (κ1) is 27.5. The molecule has 1 fully saturated rings. The van der Waals surface area contributed by atoms with Gasteiger partial charge in [0.2, 0.25) is 5.91 Å². The van der Waals surface area contributed by atoms with Crippen molar-refractivity contribution in [2.24, 2.45) is 5.92 Å². The molecule has 1 amide bonds. The highest BCUT2D eigenvalue weighted by atomic mass is 19.4. The largest absolute Gasteiger partial charge is 0.573 e. The second-order valence-electron chi connectivity index (χ2n) is 10.1. The Balaban J connectivity index is 1.65. The quantitative estimate of drug-likeness (QED) is 0.302. The Labute approximate surface area is 216 Å². The molecule has 38 heavy (non-hydrogen) atoms. The van der Waals surface area contributed by atoms with Gasteiger partial charge in [-0.25, -0.2) is 0 Å². The van der Waals surface area contributed by atoms with Crippen molar-refractivity contribution in [1.29, 1.82) is 0 Å². The lowest BCUT2D eigenvalue weighted by Crippen LogP contribution is -2.31. The maximum Gasteiger partial charge on any atom is 0.573 e. The van der Waals surface area contributed by atoms with Crippen LogP contribution in [0.4, 0.5) is 32.0 Å². The van der Waals surface area contributed by atoms with Crippen molar-refractivity contribution in [3.63, 3.8) is 0 Å². The highest BCUT2D eigenvalue weighted by Crippen LogP contribution is 2.45. The van der Waals surface area contributed by atoms with Gasteiger partial charge in [0.15, 0.2) is 0 Å². The van der Waals surface area contributed by atoms with E-state index in [0.29, 0.717) is 29.7 Å². The van der Waals surface area contributed by atoms with E-state index < -0.39 is 35.6 Å². The molecule has 0 aliphatic carbocycles. The Bertz CT molecular complexity index is 1280. The lowest BCUT2D eigenvalue weighted by Gasteiger charge is -2.28. The van der Waals surface area contributed by atoms with Crippen molar-refractivity contribution >= 4 is 11.6 Å². The zero-order valence-electron chi connectivity index (χ0n) is 20.9. The number of ether oxygens (including phenoxy) is 1. The van der Waals surface area contributed by atoms with Crippen LogP contribution in [0.1, 0.15) is 55.1 Å². The van der Waals surface area contributed by atoms with Crippen molar-refractivity contribution in [3.8, 4) is 5.75 Å². The Morgan fingerprint density at radius 1 is 0.974 bits per heavy atom. The monoisotopic (exact) mass is 536 g/mol. The van der Waals surface area contributed by atoms with Crippen LogP contribution in [-0.2, 0) is 16.4 Å². The first-order valence-corrected chi connectivity index (χ1v) is 11.9. The second-order valence-corrected chi connectivity index (χ2v) is 10.1. The molecular weight excluding hydrogens is 510 g/mol. The summed E-state index contributed by atoms with van der Waals surface area (Å²) in [5, 5.41) is 0. The summed E-state index contributed by atoms with van der Waals surface area (Å²) in [7, 11) is 0. The number of anilines is 1. The first-order chi connectivity index (χ1) is 17.6. The fourth-order valence-corrected chi connectivity index (χ4v) is 4.91. The summed E-state index contributed by atoms with van der Waals surface area (Å²) in [5.41, 5.74) is 0.906. The maximum absolute atomic E-state index is 13.7. The third-order valence-corrected chi connectivity index (χ3v) is 6.79. The Morgan fingerprint density at radius 3 is 2.24 bits per heavy atom. The Morgan fingerprint density at radius 2 is 1.66 bits per heavy atom. The Hall–Kier alpha value is -3.56. The van der Waals surface area contributed by atoms with Gasteiger partial charge < -0.3 is 9.64 Å². The van der Waals surface area contributed by atoms with Crippen LogP contribution in [0.25, 0.3) is 0 Å².